The summed E-state index contributed by atoms with van der Waals surface area (Å²) in [6, 6.07) is 7.47. The first-order valence-electron chi connectivity index (χ1n) is 8.35. The van der Waals surface area contributed by atoms with Crippen molar-refractivity contribution in [1.29, 1.82) is 0 Å². The zero-order chi connectivity index (χ0) is 17.9. The van der Waals surface area contributed by atoms with Crippen LogP contribution in [-0.4, -0.2) is 24.3 Å². The lowest BCUT2D eigenvalue weighted by molar-refractivity contribution is 0.0691. The van der Waals surface area contributed by atoms with Gasteiger partial charge in [-0.2, -0.15) is 0 Å². The van der Waals surface area contributed by atoms with E-state index in [2.05, 4.69) is 13.8 Å². The van der Waals surface area contributed by atoms with Gasteiger partial charge in [-0.1, -0.05) is 45.4 Å². The molecular weight excluding hydrogens is 304 g/mol. The summed E-state index contributed by atoms with van der Waals surface area (Å²) >= 11 is 0. The van der Waals surface area contributed by atoms with E-state index in [0.29, 0.717) is 36.5 Å². The van der Waals surface area contributed by atoms with Crippen molar-refractivity contribution in [3.8, 4) is 11.5 Å². The van der Waals surface area contributed by atoms with E-state index in [1.54, 1.807) is 6.07 Å². The van der Waals surface area contributed by atoms with Crippen molar-refractivity contribution in [2.24, 2.45) is 11.8 Å². The Bertz CT molecular complexity index is 732. The zero-order valence-corrected chi connectivity index (χ0v) is 15.1. The number of hydrogen-bond acceptors (Lipinski definition) is 3. The maximum absolute atomic E-state index is 11.7. The van der Waals surface area contributed by atoms with Gasteiger partial charge in [-0.25, -0.2) is 4.79 Å². The summed E-state index contributed by atoms with van der Waals surface area (Å²) in [5, 5.41) is 11.3. The molecule has 0 saturated heterocycles. The van der Waals surface area contributed by atoms with E-state index in [1.807, 2.05) is 39.0 Å². The molecule has 2 rings (SSSR count). The van der Waals surface area contributed by atoms with Crippen LogP contribution in [0.4, 0.5) is 0 Å². The normalized spacial score (nSPS) is 11.3. The number of carbonyl (C=O) groups is 1. The lowest BCUT2D eigenvalue weighted by atomic mass is 10.0. The first-order chi connectivity index (χ1) is 11.3. The molecule has 4 heteroatoms. The highest BCUT2D eigenvalue weighted by molar-refractivity contribution is 6.03. The Balaban J connectivity index is 2.63. The molecule has 0 bridgehead atoms. The van der Waals surface area contributed by atoms with Gasteiger partial charge >= 0.3 is 5.97 Å². The predicted octanol–water partition coefficient (Wildman–Crippen LogP) is 4.92. The van der Waals surface area contributed by atoms with Crippen LogP contribution in [0.3, 0.4) is 0 Å². The van der Waals surface area contributed by atoms with Gasteiger partial charge in [0.05, 0.1) is 13.2 Å². The molecule has 0 heterocycles. The molecule has 130 valence electrons. The van der Waals surface area contributed by atoms with E-state index >= 15 is 0 Å². The second kappa shape index (κ2) is 7.56. The zero-order valence-electron chi connectivity index (χ0n) is 15.1. The maximum Gasteiger partial charge on any atom is 0.339 e. The minimum atomic E-state index is -1.01. The van der Waals surface area contributed by atoms with Gasteiger partial charge in [0, 0.05) is 10.8 Å². The summed E-state index contributed by atoms with van der Waals surface area (Å²) in [5.74, 6) is 0.671. The standard InChI is InChI=1S/C20H26O4/c1-12(2)10-23-18-9-17(20(21)22)19(24-11-13(3)4)15-7-6-14(5)8-16(15)18/h6-9,12-13H,10-11H2,1-5H3,(H,21,22). The Morgan fingerprint density at radius 3 is 2.21 bits per heavy atom. The Morgan fingerprint density at radius 2 is 1.62 bits per heavy atom. The highest BCUT2D eigenvalue weighted by Gasteiger charge is 2.20. The van der Waals surface area contributed by atoms with Crippen LogP contribution in [0.1, 0.15) is 43.6 Å². The summed E-state index contributed by atoms with van der Waals surface area (Å²) in [6.07, 6.45) is 0. The van der Waals surface area contributed by atoms with E-state index in [9.17, 15) is 9.90 Å². The number of aromatic carboxylic acids is 1. The van der Waals surface area contributed by atoms with Gasteiger partial charge in [0.1, 0.15) is 17.1 Å². The lowest BCUT2D eigenvalue weighted by Gasteiger charge is -2.18. The first kappa shape index (κ1) is 18.1. The largest absolute Gasteiger partial charge is 0.493 e. The van der Waals surface area contributed by atoms with E-state index in [1.165, 1.54) is 0 Å². The third-order valence-electron chi connectivity index (χ3n) is 3.57. The lowest BCUT2D eigenvalue weighted by Crippen LogP contribution is -2.11. The number of aryl methyl sites for hydroxylation is 1. The topological polar surface area (TPSA) is 55.8 Å². The molecule has 0 aliphatic rings. The van der Waals surface area contributed by atoms with Crippen molar-refractivity contribution in [2.75, 3.05) is 13.2 Å². The minimum Gasteiger partial charge on any atom is -0.493 e. The van der Waals surface area contributed by atoms with Gasteiger partial charge in [0.25, 0.3) is 0 Å². The Kier molecular flexibility index (Phi) is 5.71. The summed E-state index contributed by atoms with van der Waals surface area (Å²) < 4.78 is 11.7. The van der Waals surface area contributed by atoms with Crippen LogP contribution in [-0.2, 0) is 0 Å². The van der Waals surface area contributed by atoms with Gasteiger partial charge in [-0.3, -0.25) is 0 Å². The Morgan fingerprint density at radius 1 is 1.00 bits per heavy atom. The third kappa shape index (κ3) is 4.19. The fourth-order valence-electron chi connectivity index (χ4n) is 2.42. The molecule has 0 aromatic heterocycles. The summed E-state index contributed by atoms with van der Waals surface area (Å²) in [5.41, 5.74) is 1.24. The molecule has 24 heavy (non-hydrogen) atoms. The van der Waals surface area contributed by atoms with E-state index in [4.69, 9.17) is 9.47 Å². The number of fused-ring (bicyclic) bond motifs is 1. The molecule has 4 nitrogen and oxygen atoms in total. The molecule has 2 aromatic rings. The van der Waals surface area contributed by atoms with E-state index in [0.717, 1.165) is 16.3 Å². The maximum atomic E-state index is 11.7. The molecule has 0 aliphatic carbocycles. The second-order valence-electron chi connectivity index (χ2n) is 7.02. The number of benzene rings is 2. The molecule has 0 aliphatic heterocycles. The van der Waals surface area contributed by atoms with Crippen LogP contribution < -0.4 is 9.47 Å². The first-order valence-corrected chi connectivity index (χ1v) is 8.35. The number of rotatable bonds is 7. The molecule has 0 saturated carbocycles. The average molecular weight is 330 g/mol. The molecule has 2 aromatic carbocycles. The molecule has 0 atom stereocenters. The summed E-state index contributed by atoms with van der Waals surface area (Å²) in [4.78, 5) is 11.7. The van der Waals surface area contributed by atoms with Crippen LogP contribution in [0.25, 0.3) is 10.8 Å². The number of ether oxygens (including phenoxy) is 2. The van der Waals surface area contributed by atoms with Gasteiger partial charge in [-0.15, -0.1) is 0 Å². The number of carboxylic acids is 1. The minimum absolute atomic E-state index is 0.144. The molecule has 0 radical (unpaired) electrons. The van der Waals surface area contributed by atoms with Crippen molar-refractivity contribution in [3.63, 3.8) is 0 Å². The molecule has 0 spiro atoms. The van der Waals surface area contributed by atoms with Crippen LogP contribution in [0, 0.1) is 18.8 Å². The average Bonchev–Trinajstić information content (AvgIpc) is 2.50. The summed E-state index contributed by atoms with van der Waals surface area (Å²) in [6.45, 7) is 11.2. The number of carboxylic acid groups (broad SMARTS) is 1. The smallest absolute Gasteiger partial charge is 0.339 e. The van der Waals surface area contributed by atoms with Crippen LogP contribution in [0.5, 0.6) is 11.5 Å². The molecule has 0 amide bonds. The van der Waals surface area contributed by atoms with Gasteiger partial charge in [0.2, 0.25) is 0 Å². The SMILES string of the molecule is Cc1ccc2c(OCC(C)C)c(C(=O)O)cc(OCC(C)C)c2c1. The summed E-state index contributed by atoms with van der Waals surface area (Å²) in [7, 11) is 0. The van der Waals surface area contributed by atoms with Gasteiger partial charge < -0.3 is 14.6 Å². The Hall–Kier alpha value is -2.23. The molecule has 0 fully saturated rings. The van der Waals surface area contributed by atoms with Gasteiger partial charge in [-0.05, 0) is 30.9 Å². The van der Waals surface area contributed by atoms with Crippen molar-refractivity contribution in [1.82, 2.24) is 0 Å². The fourth-order valence-corrected chi connectivity index (χ4v) is 2.42. The van der Waals surface area contributed by atoms with Crippen LogP contribution in [0.15, 0.2) is 24.3 Å². The quantitative estimate of drug-likeness (QED) is 0.783. The second-order valence-corrected chi connectivity index (χ2v) is 7.02. The highest BCUT2D eigenvalue weighted by Crippen LogP contribution is 2.38. The van der Waals surface area contributed by atoms with Crippen molar-refractivity contribution in [3.05, 3.63) is 35.4 Å². The van der Waals surface area contributed by atoms with Crippen molar-refractivity contribution >= 4 is 16.7 Å². The fraction of sp³-hybridized carbons (Fsp3) is 0.450. The molecule has 1 N–H and O–H groups in total. The monoisotopic (exact) mass is 330 g/mol. The van der Waals surface area contributed by atoms with Crippen LogP contribution >= 0.6 is 0 Å². The van der Waals surface area contributed by atoms with E-state index < -0.39 is 5.97 Å². The predicted molar refractivity (Wildman–Crippen MR) is 96.3 cm³/mol. The van der Waals surface area contributed by atoms with Gasteiger partial charge in [0.15, 0.2) is 0 Å². The van der Waals surface area contributed by atoms with E-state index in [-0.39, 0.29) is 5.56 Å². The number of hydrogen-bond donors (Lipinski definition) is 1. The third-order valence-corrected chi connectivity index (χ3v) is 3.57. The Labute approximate surface area is 143 Å². The van der Waals surface area contributed by atoms with Crippen molar-refractivity contribution in [2.45, 2.75) is 34.6 Å². The molecular formula is C20H26O4. The molecule has 0 unspecified atom stereocenters. The van der Waals surface area contributed by atoms with Crippen LogP contribution in [0.2, 0.25) is 0 Å². The highest BCUT2D eigenvalue weighted by atomic mass is 16.5. The van der Waals surface area contributed by atoms with Crippen molar-refractivity contribution < 1.29 is 19.4 Å².